The number of rotatable bonds is 6. The van der Waals surface area contributed by atoms with Crippen LogP contribution in [-0.2, 0) is 4.74 Å². The van der Waals surface area contributed by atoms with Crippen molar-refractivity contribution in [3.63, 3.8) is 0 Å². The predicted octanol–water partition coefficient (Wildman–Crippen LogP) is 2.67. The normalized spacial score (nSPS) is 18.9. The third kappa shape index (κ3) is 6.22. The quantitative estimate of drug-likeness (QED) is 0.762. The van der Waals surface area contributed by atoms with Crippen LogP contribution in [0.3, 0.4) is 0 Å². The van der Waals surface area contributed by atoms with E-state index < -0.39 is 0 Å². The van der Waals surface area contributed by atoms with Crippen LogP contribution in [0.15, 0.2) is 18.2 Å². The van der Waals surface area contributed by atoms with E-state index in [0.717, 1.165) is 44.1 Å². The van der Waals surface area contributed by atoms with Gasteiger partial charge in [0.2, 0.25) is 0 Å². The van der Waals surface area contributed by atoms with Gasteiger partial charge < -0.3 is 29.7 Å². The van der Waals surface area contributed by atoms with Crippen LogP contribution in [-0.4, -0.2) is 100 Å². The molecule has 2 fully saturated rings. The summed E-state index contributed by atoms with van der Waals surface area (Å²) in [5.41, 5.74) is 1.74. The second-order valence-corrected chi connectivity index (χ2v) is 8.56. The van der Waals surface area contributed by atoms with E-state index in [1.165, 1.54) is 12.8 Å². The summed E-state index contributed by atoms with van der Waals surface area (Å²) in [6, 6.07) is 6.14. The van der Waals surface area contributed by atoms with Crippen molar-refractivity contribution < 1.29 is 9.53 Å². The molecule has 8 heteroatoms. The number of carbonyl (C=O) groups excluding carboxylic acids is 1. The minimum Gasteiger partial charge on any atom is -0.378 e. The number of benzene rings is 1. The predicted molar refractivity (Wildman–Crippen MR) is 119 cm³/mol. The molecule has 1 aromatic carbocycles. The van der Waals surface area contributed by atoms with Gasteiger partial charge in [-0.05, 0) is 58.2 Å². The van der Waals surface area contributed by atoms with Crippen LogP contribution < -0.4 is 10.2 Å². The molecule has 0 aliphatic carbocycles. The summed E-state index contributed by atoms with van der Waals surface area (Å²) >= 11 is 6.20. The highest BCUT2D eigenvalue weighted by molar-refractivity contribution is 6.31. The second kappa shape index (κ2) is 10.5. The molecule has 1 N–H and O–H groups in total. The van der Waals surface area contributed by atoms with E-state index >= 15 is 0 Å². The van der Waals surface area contributed by atoms with E-state index in [2.05, 4.69) is 34.1 Å². The van der Waals surface area contributed by atoms with Crippen molar-refractivity contribution in [2.75, 3.05) is 83.8 Å². The monoisotopic (exact) mass is 423 g/mol. The van der Waals surface area contributed by atoms with E-state index in [-0.39, 0.29) is 6.03 Å². The zero-order chi connectivity index (χ0) is 20.8. The minimum absolute atomic E-state index is 0.112. The molecular weight excluding hydrogens is 390 g/mol. The van der Waals surface area contributed by atoms with E-state index in [4.69, 9.17) is 16.3 Å². The average molecular weight is 424 g/mol. The highest BCUT2D eigenvalue weighted by Crippen LogP contribution is 2.30. The van der Waals surface area contributed by atoms with Gasteiger partial charge in [0.25, 0.3) is 0 Å². The molecule has 2 heterocycles. The lowest BCUT2D eigenvalue weighted by Gasteiger charge is -2.35. The van der Waals surface area contributed by atoms with Crippen molar-refractivity contribution in [3.05, 3.63) is 23.2 Å². The number of anilines is 2. The number of hydrogen-bond donors (Lipinski definition) is 1. The van der Waals surface area contributed by atoms with Gasteiger partial charge in [0, 0.05) is 44.3 Å². The molecule has 0 saturated carbocycles. The zero-order valence-corrected chi connectivity index (χ0v) is 18.6. The first-order valence-electron chi connectivity index (χ1n) is 10.5. The molecule has 2 amide bonds. The number of likely N-dealkylation sites (tertiary alicyclic amines) is 1. The Labute approximate surface area is 179 Å². The largest absolute Gasteiger partial charge is 0.378 e. The third-order valence-electron chi connectivity index (χ3n) is 6.00. The number of halogens is 1. The van der Waals surface area contributed by atoms with E-state index in [9.17, 15) is 4.79 Å². The van der Waals surface area contributed by atoms with E-state index in [0.29, 0.717) is 30.8 Å². The van der Waals surface area contributed by atoms with Gasteiger partial charge in [-0.3, -0.25) is 0 Å². The fraction of sp³-hybridized carbons (Fsp3) is 0.667. The number of urea groups is 1. The Bertz CT molecular complexity index is 675. The highest BCUT2D eigenvalue weighted by atomic mass is 35.5. The van der Waals surface area contributed by atoms with Gasteiger partial charge in [-0.2, -0.15) is 0 Å². The molecule has 2 saturated heterocycles. The van der Waals surface area contributed by atoms with Gasteiger partial charge in [-0.1, -0.05) is 11.6 Å². The number of ether oxygens (including phenoxy) is 1. The van der Waals surface area contributed by atoms with Gasteiger partial charge in [0.05, 0.1) is 24.6 Å². The molecule has 0 radical (unpaired) electrons. The Hall–Kier alpha value is -1.54. The Balaban J connectivity index is 1.54. The molecule has 7 nitrogen and oxygen atoms in total. The Kier molecular flexibility index (Phi) is 8.00. The minimum atomic E-state index is -0.112. The van der Waals surface area contributed by atoms with Crippen molar-refractivity contribution in [2.24, 2.45) is 0 Å². The maximum Gasteiger partial charge on any atom is 0.321 e. The number of hydrogen-bond acceptors (Lipinski definition) is 5. The molecule has 1 aromatic rings. The fourth-order valence-electron chi connectivity index (χ4n) is 3.93. The van der Waals surface area contributed by atoms with Crippen molar-refractivity contribution in [1.29, 1.82) is 0 Å². The molecule has 2 aliphatic heterocycles. The molecule has 162 valence electrons. The smallest absolute Gasteiger partial charge is 0.321 e. The number of piperidine rings is 1. The first kappa shape index (κ1) is 22.2. The van der Waals surface area contributed by atoms with Crippen LogP contribution in [0.5, 0.6) is 0 Å². The van der Waals surface area contributed by atoms with Crippen molar-refractivity contribution in [3.8, 4) is 0 Å². The summed E-state index contributed by atoms with van der Waals surface area (Å²) in [4.78, 5) is 21.5. The lowest BCUT2D eigenvalue weighted by atomic mass is 10.0. The molecule has 3 rings (SSSR count). The molecule has 0 aromatic heterocycles. The summed E-state index contributed by atoms with van der Waals surface area (Å²) in [7, 11) is 6.18. The standard InChI is InChI=1S/C21H34ClN5O2/c1-24-8-6-18(7-9-24)25(2)10-11-26(3)21(28)23-19-16-17(22)4-5-20(19)27-12-14-29-15-13-27/h4-5,16,18H,6-15H2,1-3H3,(H,23,28). The van der Waals surface area contributed by atoms with Gasteiger partial charge in [0.15, 0.2) is 0 Å². The Morgan fingerprint density at radius 2 is 1.86 bits per heavy atom. The molecular formula is C21H34ClN5O2. The van der Waals surface area contributed by atoms with E-state index in [1.807, 2.05) is 25.2 Å². The summed E-state index contributed by atoms with van der Waals surface area (Å²) in [6.07, 6.45) is 2.38. The SMILES string of the molecule is CN1CCC(N(C)CCN(C)C(=O)Nc2cc(Cl)ccc2N2CCOCC2)CC1. The zero-order valence-electron chi connectivity index (χ0n) is 17.9. The summed E-state index contributed by atoms with van der Waals surface area (Å²) in [5.74, 6) is 0. The molecule has 2 aliphatic rings. The lowest BCUT2D eigenvalue weighted by molar-refractivity contribution is 0.123. The summed E-state index contributed by atoms with van der Waals surface area (Å²) in [5, 5.41) is 3.67. The number of carbonyl (C=O) groups is 1. The first-order chi connectivity index (χ1) is 13.9. The summed E-state index contributed by atoms with van der Waals surface area (Å²) < 4.78 is 5.44. The van der Waals surface area contributed by atoms with Gasteiger partial charge in [0.1, 0.15) is 0 Å². The van der Waals surface area contributed by atoms with E-state index in [1.54, 1.807) is 4.90 Å². The maximum absolute atomic E-state index is 12.8. The lowest BCUT2D eigenvalue weighted by Crippen LogP contribution is -2.45. The average Bonchev–Trinajstić information content (AvgIpc) is 2.73. The van der Waals surface area contributed by atoms with Gasteiger partial charge in [-0.15, -0.1) is 0 Å². The number of morpholine rings is 1. The number of likely N-dealkylation sites (N-methyl/N-ethyl adjacent to an activating group) is 2. The molecule has 0 spiro atoms. The molecule has 0 bridgehead atoms. The fourth-order valence-corrected chi connectivity index (χ4v) is 4.10. The summed E-state index contributed by atoms with van der Waals surface area (Å²) in [6.45, 7) is 6.84. The van der Waals surface area contributed by atoms with Gasteiger partial charge in [-0.25, -0.2) is 4.79 Å². The van der Waals surface area contributed by atoms with Gasteiger partial charge >= 0.3 is 6.03 Å². The highest BCUT2D eigenvalue weighted by Gasteiger charge is 2.22. The van der Waals surface area contributed by atoms with Crippen LogP contribution in [0.4, 0.5) is 16.2 Å². The maximum atomic E-state index is 12.8. The van der Waals surface area contributed by atoms with Crippen LogP contribution >= 0.6 is 11.6 Å². The topological polar surface area (TPSA) is 51.3 Å². The number of amides is 2. The van der Waals surface area contributed by atoms with Crippen molar-refractivity contribution in [2.45, 2.75) is 18.9 Å². The van der Waals surface area contributed by atoms with Crippen molar-refractivity contribution >= 4 is 29.0 Å². The van der Waals surface area contributed by atoms with Crippen LogP contribution in [0.2, 0.25) is 5.02 Å². The molecule has 29 heavy (non-hydrogen) atoms. The Morgan fingerprint density at radius 1 is 1.17 bits per heavy atom. The molecule has 0 unspecified atom stereocenters. The van der Waals surface area contributed by atoms with Crippen LogP contribution in [0.1, 0.15) is 12.8 Å². The number of nitrogens with one attached hydrogen (secondary N) is 1. The van der Waals surface area contributed by atoms with Crippen LogP contribution in [0.25, 0.3) is 0 Å². The second-order valence-electron chi connectivity index (χ2n) is 8.13. The Morgan fingerprint density at radius 3 is 2.55 bits per heavy atom. The third-order valence-corrected chi connectivity index (χ3v) is 6.23. The van der Waals surface area contributed by atoms with Crippen LogP contribution in [0, 0.1) is 0 Å². The van der Waals surface area contributed by atoms with Crippen molar-refractivity contribution in [1.82, 2.24) is 14.7 Å². The first-order valence-corrected chi connectivity index (χ1v) is 10.8. The molecule has 0 atom stereocenters. The number of nitrogens with zero attached hydrogens (tertiary/aromatic N) is 4.